The van der Waals surface area contributed by atoms with Crippen molar-refractivity contribution in [2.24, 2.45) is 17.8 Å². The third kappa shape index (κ3) is 6.28. The second-order valence-electron chi connectivity index (χ2n) is 6.76. The zero-order chi connectivity index (χ0) is 16.4. The standard InChI is InChI=1S/C19H37NO2/c1-5-16(6-2)15-18(17-11-9-10-12-17)19(21)22-14-13-20(7-3)8-4/h16-18H,5-15H2,1-4H3. The van der Waals surface area contributed by atoms with Crippen LogP contribution in [0, 0.1) is 17.8 Å². The van der Waals surface area contributed by atoms with Crippen LogP contribution >= 0.6 is 0 Å². The Bertz CT molecular complexity index is 292. The van der Waals surface area contributed by atoms with Crippen LogP contribution in [-0.2, 0) is 9.53 Å². The van der Waals surface area contributed by atoms with Gasteiger partial charge in [0.1, 0.15) is 6.61 Å². The van der Waals surface area contributed by atoms with Crippen LogP contribution < -0.4 is 0 Å². The van der Waals surface area contributed by atoms with E-state index in [0.29, 0.717) is 18.4 Å². The highest BCUT2D eigenvalue weighted by Gasteiger charge is 2.33. The molecule has 1 atom stereocenters. The van der Waals surface area contributed by atoms with E-state index in [0.717, 1.165) is 26.1 Å². The van der Waals surface area contributed by atoms with Crippen LogP contribution in [0.2, 0.25) is 0 Å². The summed E-state index contributed by atoms with van der Waals surface area (Å²) in [4.78, 5) is 14.9. The molecule has 0 radical (unpaired) electrons. The van der Waals surface area contributed by atoms with Crippen LogP contribution in [-0.4, -0.2) is 37.1 Å². The maximum absolute atomic E-state index is 12.6. The maximum Gasteiger partial charge on any atom is 0.309 e. The molecule has 0 amide bonds. The van der Waals surface area contributed by atoms with Crippen LogP contribution in [0.4, 0.5) is 0 Å². The lowest BCUT2D eigenvalue weighted by Gasteiger charge is -2.26. The number of nitrogens with zero attached hydrogens (tertiary/aromatic N) is 1. The first-order valence-corrected chi connectivity index (χ1v) is 9.55. The Morgan fingerprint density at radius 3 is 2.18 bits per heavy atom. The normalized spacial score (nSPS) is 17.4. The molecule has 0 N–H and O–H groups in total. The van der Waals surface area contributed by atoms with Crippen molar-refractivity contribution in [1.29, 1.82) is 0 Å². The van der Waals surface area contributed by atoms with Gasteiger partial charge in [0.25, 0.3) is 0 Å². The monoisotopic (exact) mass is 311 g/mol. The minimum atomic E-state index is 0.0750. The summed E-state index contributed by atoms with van der Waals surface area (Å²) < 4.78 is 5.66. The van der Waals surface area contributed by atoms with E-state index in [-0.39, 0.29) is 11.9 Å². The zero-order valence-corrected chi connectivity index (χ0v) is 15.3. The Balaban J connectivity index is 2.51. The van der Waals surface area contributed by atoms with Gasteiger partial charge in [-0.05, 0) is 44.2 Å². The predicted molar refractivity (Wildman–Crippen MR) is 92.9 cm³/mol. The minimum Gasteiger partial charge on any atom is -0.464 e. The number of esters is 1. The van der Waals surface area contributed by atoms with E-state index in [9.17, 15) is 4.79 Å². The molecule has 3 heteroatoms. The first-order chi connectivity index (χ1) is 10.7. The van der Waals surface area contributed by atoms with Gasteiger partial charge in [-0.25, -0.2) is 0 Å². The third-order valence-electron chi connectivity index (χ3n) is 5.56. The Labute approximate surface area is 137 Å². The molecule has 0 aromatic heterocycles. The maximum atomic E-state index is 12.6. The van der Waals surface area contributed by atoms with E-state index in [2.05, 4.69) is 32.6 Å². The number of hydrogen-bond donors (Lipinski definition) is 0. The molecule has 1 fully saturated rings. The molecule has 0 bridgehead atoms. The Kier molecular flexibility index (Phi) is 9.77. The van der Waals surface area contributed by atoms with Gasteiger partial charge in [-0.3, -0.25) is 4.79 Å². The van der Waals surface area contributed by atoms with Crippen molar-refractivity contribution in [3.8, 4) is 0 Å². The molecule has 1 unspecified atom stereocenters. The summed E-state index contributed by atoms with van der Waals surface area (Å²) in [6.45, 7) is 12.2. The van der Waals surface area contributed by atoms with Gasteiger partial charge in [-0.15, -0.1) is 0 Å². The minimum absolute atomic E-state index is 0.0750. The highest BCUT2D eigenvalue weighted by Crippen LogP contribution is 2.36. The lowest BCUT2D eigenvalue weighted by molar-refractivity contribution is -0.151. The average molecular weight is 312 g/mol. The Morgan fingerprint density at radius 2 is 1.68 bits per heavy atom. The second kappa shape index (κ2) is 11.0. The van der Waals surface area contributed by atoms with Gasteiger partial charge in [0.15, 0.2) is 0 Å². The summed E-state index contributed by atoms with van der Waals surface area (Å²) in [6, 6.07) is 0. The lowest BCUT2D eigenvalue weighted by atomic mass is 9.81. The Morgan fingerprint density at radius 1 is 1.09 bits per heavy atom. The van der Waals surface area contributed by atoms with Crippen molar-refractivity contribution < 1.29 is 9.53 Å². The molecule has 0 aliphatic heterocycles. The summed E-state index contributed by atoms with van der Waals surface area (Å²) in [6.07, 6.45) is 8.39. The van der Waals surface area contributed by atoms with Gasteiger partial charge in [0.05, 0.1) is 5.92 Å². The van der Waals surface area contributed by atoms with Gasteiger partial charge >= 0.3 is 5.97 Å². The van der Waals surface area contributed by atoms with Gasteiger partial charge in [0, 0.05) is 6.54 Å². The largest absolute Gasteiger partial charge is 0.464 e. The predicted octanol–water partition coefficient (Wildman–Crippen LogP) is 4.50. The van der Waals surface area contributed by atoms with E-state index < -0.39 is 0 Å². The van der Waals surface area contributed by atoms with Crippen LogP contribution in [0.3, 0.4) is 0 Å². The van der Waals surface area contributed by atoms with Gasteiger partial charge in [-0.1, -0.05) is 53.4 Å². The van der Waals surface area contributed by atoms with Crippen molar-refractivity contribution in [2.45, 2.75) is 72.6 Å². The molecule has 3 nitrogen and oxygen atoms in total. The fraction of sp³-hybridized carbons (Fsp3) is 0.947. The van der Waals surface area contributed by atoms with Crippen molar-refractivity contribution in [2.75, 3.05) is 26.2 Å². The number of carbonyl (C=O) groups excluding carboxylic acids is 1. The molecule has 0 aromatic carbocycles. The number of carbonyl (C=O) groups is 1. The van der Waals surface area contributed by atoms with Crippen LogP contribution in [0.1, 0.15) is 72.6 Å². The fourth-order valence-electron chi connectivity index (χ4n) is 3.74. The molecule has 22 heavy (non-hydrogen) atoms. The van der Waals surface area contributed by atoms with Crippen LogP contribution in [0.15, 0.2) is 0 Å². The molecule has 1 aliphatic rings. The quantitative estimate of drug-likeness (QED) is 0.526. The highest BCUT2D eigenvalue weighted by molar-refractivity contribution is 5.72. The van der Waals surface area contributed by atoms with E-state index >= 15 is 0 Å². The van der Waals surface area contributed by atoms with Crippen molar-refractivity contribution in [3.05, 3.63) is 0 Å². The van der Waals surface area contributed by atoms with Crippen LogP contribution in [0.25, 0.3) is 0 Å². The third-order valence-corrected chi connectivity index (χ3v) is 5.56. The molecule has 0 spiro atoms. The summed E-state index contributed by atoms with van der Waals surface area (Å²) in [5.74, 6) is 1.46. The molecule has 1 saturated carbocycles. The molecule has 1 aliphatic carbocycles. The SMILES string of the molecule is CCC(CC)CC(C(=O)OCCN(CC)CC)C1CCCC1. The van der Waals surface area contributed by atoms with Gasteiger partial charge in [0.2, 0.25) is 0 Å². The van der Waals surface area contributed by atoms with E-state index in [1.165, 1.54) is 38.5 Å². The van der Waals surface area contributed by atoms with Crippen LogP contribution in [0.5, 0.6) is 0 Å². The highest BCUT2D eigenvalue weighted by atomic mass is 16.5. The van der Waals surface area contributed by atoms with E-state index in [1.807, 2.05) is 0 Å². The second-order valence-corrected chi connectivity index (χ2v) is 6.76. The smallest absolute Gasteiger partial charge is 0.309 e. The first kappa shape index (κ1) is 19.5. The summed E-state index contributed by atoms with van der Waals surface area (Å²) in [5, 5.41) is 0. The molecular formula is C19H37NO2. The number of likely N-dealkylation sites (N-methyl/N-ethyl adjacent to an activating group) is 1. The van der Waals surface area contributed by atoms with E-state index in [4.69, 9.17) is 4.74 Å². The molecular weight excluding hydrogens is 274 g/mol. The molecule has 1 rings (SSSR count). The first-order valence-electron chi connectivity index (χ1n) is 9.55. The number of hydrogen-bond acceptors (Lipinski definition) is 3. The summed E-state index contributed by atoms with van der Waals surface area (Å²) in [7, 11) is 0. The van der Waals surface area contributed by atoms with Gasteiger partial charge in [-0.2, -0.15) is 0 Å². The lowest BCUT2D eigenvalue weighted by Crippen LogP contribution is -2.31. The molecule has 0 heterocycles. The molecule has 130 valence electrons. The number of ether oxygens (including phenoxy) is 1. The van der Waals surface area contributed by atoms with Crippen molar-refractivity contribution >= 4 is 5.97 Å². The average Bonchev–Trinajstić information content (AvgIpc) is 3.06. The van der Waals surface area contributed by atoms with Crippen molar-refractivity contribution in [3.63, 3.8) is 0 Å². The zero-order valence-electron chi connectivity index (χ0n) is 15.3. The summed E-state index contributed by atoms with van der Waals surface area (Å²) >= 11 is 0. The summed E-state index contributed by atoms with van der Waals surface area (Å²) in [5.41, 5.74) is 0. The van der Waals surface area contributed by atoms with E-state index in [1.54, 1.807) is 0 Å². The number of rotatable bonds is 11. The van der Waals surface area contributed by atoms with Crippen molar-refractivity contribution in [1.82, 2.24) is 4.90 Å². The molecule has 0 aromatic rings. The topological polar surface area (TPSA) is 29.5 Å². The Hall–Kier alpha value is -0.570. The van der Waals surface area contributed by atoms with Gasteiger partial charge < -0.3 is 9.64 Å². The molecule has 0 saturated heterocycles. The fourth-order valence-corrected chi connectivity index (χ4v) is 3.74.